The predicted octanol–water partition coefficient (Wildman–Crippen LogP) is 2.93. The van der Waals surface area contributed by atoms with Crippen molar-refractivity contribution in [2.45, 2.75) is 31.1 Å². The first-order valence-corrected chi connectivity index (χ1v) is 10.9. The highest BCUT2D eigenvalue weighted by Crippen LogP contribution is 2.41. The molecule has 1 amide bonds. The number of rotatable bonds is 5. The maximum Gasteiger partial charge on any atom is 0.293 e. The van der Waals surface area contributed by atoms with Gasteiger partial charge in [-0.05, 0) is 49.1 Å². The Morgan fingerprint density at radius 2 is 1.97 bits per heavy atom. The molecule has 30 heavy (non-hydrogen) atoms. The fourth-order valence-electron chi connectivity index (χ4n) is 3.70. The first kappa shape index (κ1) is 20.2. The topological polar surface area (TPSA) is 82.3 Å². The van der Waals surface area contributed by atoms with Crippen molar-refractivity contribution in [3.05, 3.63) is 54.1 Å². The molecule has 1 unspecified atom stereocenters. The number of nitrogens with zero attached hydrogens (tertiary/aromatic N) is 4. The number of methoxy groups -OCH3 is 1. The molecule has 3 aromatic rings. The Kier molecular flexibility index (Phi) is 5.59. The van der Waals surface area contributed by atoms with Crippen LogP contribution in [0, 0.1) is 0 Å². The van der Waals surface area contributed by atoms with E-state index in [0.717, 1.165) is 12.0 Å². The number of benzene rings is 2. The van der Waals surface area contributed by atoms with Gasteiger partial charge >= 0.3 is 0 Å². The van der Waals surface area contributed by atoms with Crippen molar-refractivity contribution in [2.24, 2.45) is 0 Å². The number of anilines is 1. The molecule has 1 aromatic heterocycles. The number of carbonyl (C=O) groups is 1. The Bertz CT molecular complexity index is 1090. The number of hydrogen-bond donors (Lipinski definition) is 0. The molecule has 7 nitrogen and oxygen atoms in total. The molecule has 0 N–H and O–H groups in total. The first-order valence-electron chi connectivity index (χ1n) is 9.69. The molecule has 0 saturated heterocycles. The van der Waals surface area contributed by atoms with Crippen molar-refractivity contribution < 1.29 is 19.3 Å². The summed E-state index contributed by atoms with van der Waals surface area (Å²) in [6.07, 6.45) is 2.33. The molecule has 0 radical (unpaired) electrons. The predicted molar refractivity (Wildman–Crippen MR) is 112 cm³/mol. The third-order valence-electron chi connectivity index (χ3n) is 5.05. The van der Waals surface area contributed by atoms with E-state index in [9.17, 15) is 9.90 Å². The quantitative estimate of drug-likeness (QED) is 0.464. The zero-order valence-electron chi connectivity index (χ0n) is 17.0. The van der Waals surface area contributed by atoms with Gasteiger partial charge in [0.1, 0.15) is 5.75 Å². The number of fused-ring (bicyclic) bond motifs is 3. The Balaban J connectivity index is 2.01. The van der Waals surface area contributed by atoms with Gasteiger partial charge in [0, 0.05) is 17.1 Å². The molecular weight excluding hydrogens is 400 g/mol. The van der Waals surface area contributed by atoms with Gasteiger partial charge in [0.05, 0.1) is 24.2 Å². The molecule has 1 aliphatic heterocycles. The van der Waals surface area contributed by atoms with Gasteiger partial charge in [-0.25, -0.2) is 9.88 Å². The van der Waals surface area contributed by atoms with E-state index in [4.69, 9.17) is 4.74 Å². The number of hydrogen-bond acceptors (Lipinski definition) is 6. The Labute approximate surface area is 179 Å². The van der Waals surface area contributed by atoms with Crippen LogP contribution in [-0.2, 0) is 4.79 Å². The molecule has 0 bridgehead atoms. The molecule has 8 heteroatoms. The summed E-state index contributed by atoms with van der Waals surface area (Å²) in [5.41, 5.74) is 2.55. The summed E-state index contributed by atoms with van der Waals surface area (Å²) in [5, 5.41) is 18.0. The number of thioether (sulfide) groups is 1. The van der Waals surface area contributed by atoms with E-state index in [2.05, 4.69) is 10.1 Å². The molecular formula is C22H22N4O3S. The van der Waals surface area contributed by atoms with Gasteiger partial charge < -0.3 is 9.84 Å². The standard InChI is InChI=1S/C22H22N4O3S/c1-4-7-18(27)25-17-9-6-5-8-16(17)19-20(28)23-22(30-3)24-26(19)21(25)14-10-12-15(29-2)13-11-14/h5-6,8-13,21H,4,7H2,1-3H3. The van der Waals surface area contributed by atoms with E-state index in [1.165, 1.54) is 11.8 Å². The Morgan fingerprint density at radius 3 is 2.63 bits per heavy atom. The molecule has 0 saturated carbocycles. The van der Waals surface area contributed by atoms with Crippen LogP contribution in [0.1, 0.15) is 31.5 Å². The number of carbonyl (C=O) groups excluding carboxylic acids is 1. The van der Waals surface area contributed by atoms with Crippen LogP contribution >= 0.6 is 11.8 Å². The minimum Gasteiger partial charge on any atom is -0.854 e. The van der Waals surface area contributed by atoms with Crippen molar-refractivity contribution in [1.82, 2.24) is 10.1 Å². The van der Waals surface area contributed by atoms with Crippen LogP contribution in [0.2, 0.25) is 0 Å². The summed E-state index contributed by atoms with van der Waals surface area (Å²) in [5.74, 6) is 0.326. The largest absolute Gasteiger partial charge is 0.854 e. The highest BCUT2D eigenvalue weighted by molar-refractivity contribution is 7.98. The average molecular weight is 423 g/mol. The second-order valence-electron chi connectivity index (χ2n) is 6.87. The smallest absolute Gasteiger partial charge is 0.293 e. The summed E-state index contributed by atoms with van der Waals surface area (Å²) in [6, 6.07) is 14.9. The van der Waals surface area contributed by atoms with Crippen molar-refractivity contribution >= 4 is 23.4 Å². The van der Waals surface area contributed by atoms with Crippen molar-refractivity contribution in [2.75, 3.05) is 18.3 Å². The number of aromatic nitrogens is 3. The fourth-order valence-corrected chi connectivity index (χ4v) is 4.04. The average Bonchev–Trinajstić information content (AvgIpc) is 2.77. The lowest BCUT2D eigenvalue weighted by Crippen LogP contribution is -2.59. The molecule has 1 atom stereocenters. The molecule has 2 heterocycles. The minimum absolute atomic E-state index is 0.0271. The van der Waals surface area contributed by atoms with Gasteiger partial charge in [0.2, 0.25) is 5.91 Å². The van der Waals surface area contributed by atoms with Crippen molar-refractivity contribution in [1.29, 1.82) is 0 Å². The van der Waals surface area contributed by atoms with Crippen LogP contribution in [0.15, 0.2) is 53.7 Å². The number of para-hydroxylation sites is 1. The maximum absolute atomic E-state index is 13.3. The molecule has 2 aromatic carbocycles. The van der Waals surface area contributed by atoms with Gasteiger partial charge in [-0.2, -0.15) is 0 Å². The lowest BCUT2D eigenvalue weighted by Gasteiger charge is -2.33. The number of amides is 1. The van der Waals surface area contributed by atoms with E-state index in [-0.39, 0.29) is 11.8 Å². The molecule has 4 rings (SSSR count). The van der Waals surface area contributed by atoms with Gasteiger partial charge in [0.25, 0.3) is 17.0 Å². The summed E-state index contributed by atoms with van der Waals surface area (Å²) < 4.78 is 6.92. The second kappa shape index (κ2) is 8.31. The summed E-state index contributed by atoms with van der Waals surface area (Å²) >= 11 is 1.29. The number of ether oxygens (including phenoxy) is 1. The van der Waals surface area contributed by atoms with E-state index in [0.29, 0.717) is 34.3 Å². The van der Waals surface area contributed by atoms with Crippen LogP contribution in [0.3, 0.4) is 0 Å². The second-order valence-corrected chi connectivity index (χ2v) is 7.65. The van der Waals surface area contributed by atoms with Crippen molar-refractivity contribution in [3.63, 3.8) is 0 Å². The molecule has 0 fully saturated rings. The summed E-state index contributed by atoms with van der Waals surface area (Å²) in [4.78, 5) is 19.1. The minimum atomic E-state index is -0.596. The molecule has 0 aliphatic carbocycles. The van der Waals surface area contributed by atoms with E-state index in [1.54, 1.807) is 16.7 Å². The zero-order chi connectivity index (χ0) is 21.3. The highest BCUT2D eigenvalue weighted by Gasteiger charge is 2.44. The lowest BCUT2D eigenvalue weighted by molar-refractivity contribution is -0.764. The molecule has 154 valence electrons. The van der Waals surface area contributed by atoms with E-state index < -0.39 is 6.17 Å². The third kappa shape index (κ3) is 3.37. The van der Waals surface area contributed by atoms with Gasteiger partial charge in [-0.3, -0.25) is 4.79 Å². The zero-order valence-corrected chi connectivity index (χ0v) is 17.8. The van der Waals surface area contributed by atoms with Gasteiger partial charge in [-0.15, -0.1) is 0 Å². The van der Waals surface area contributed by atoms with Crippen LogP contribution in [0.25, 0.3) is 11.3 Å². The van der Waals surface area contributed by atoms with Crippen LogP contribution in [0.5, 0.6) is 11.6 Å². The molecule has 0 spiro atoms. The van der Waals surface area contributed by atoms with Crippen LogP contribution in [-0.4, -0.2) is 29.4 Å². The Hall–Kier alpha value is -3.13. The molecule has 1 aliphatic rings. The maximum atomic E-state index is 13.3. The summed E-state index contributed by atoms with van der Waals surface area (Å²) in [6.45, 7) is 1.97. The van der Waals surface area contributed by atoms with Crippen LogP contribution < -0.4 is 19.4 Å². The third-order valence-corrected chi connectivity index (χ3v) is 5.58. The SMILES string of the molecule is CCCC(=O)N1c2ccccc2-c2c([O-])nc(SC)n[n+]2C1c1ccc(OC)cc1. The Morgan fingerprint density at radius 1 is 1.23 bits per heavy atom. The lowest BCUT2D eigenvalue weighted by atomic mass is 10.0. The van der Waals surface area contributed by atoms with Gasteiger partial charge in [0.15, 0.2) is 0 Å². The van der Waals surface area contributed by atoms with E-state index >= 15 is 0 Å². The summed E-state index contributed by atoms with van der Waals surface area (Å²) in [7, 11) is 1.61. The van der Waals surface area contributed by atoms with Crippen molar-refractivity contribution in [3.8, 4) is 22.9 Å². The fraction of sp³-hybridized carbons (Fsp3) is 0.273. The van der Waals surface area contributed by atoms with E-state index in [1.807, 2.05) is 61.7 Å². The first-order chi connectivity index (χ1) is 14.6. The normalized spacial score (nSPS) is 14.8. The monoisotopic (exact) mass is 422 g/mol. The highest BCUT2D eigenvalue weighted by atomic mass is 32.2. The van der Waals surface area contributed by atoms with Gasteiger partial charge in [-0.1, -0.05) is 35.5 Å². The van der Waals surface area contributed by atoms with Crippen LogP contribution in [0.4, 0.5) is 5.69 Å².